The van der Waals surface area contributed by atoms with Crippen molar-refractivity contribution in [3.05, 3.63) is 0 Å². The Labute approximate surface area is 89.0 Å². The Bertz CT molecular complexity index is 181. The van der Waals surface area contributed by atoms with Gasteiger partial charge in [-0.3, -0.25) is 4.90 Å². The lowest BCUT2D eigenvalue weighted by Gasteiger charge is -2.43. The van der Waals surface area contributed by atoms with Crippen LogP contribution in [0.5, 0.6) is 0 Å². The number of hydrogen-bond acceptors (Lipinski definition) is 3. The highest BCUT2D eigenvalue weighted by atomic mass is 19.3. The summed E-state index contributed by atoms with van der Waals surface area (Å²) in [7, 11) is 0. The van der Waals surface area contributed by atoms with Crippen LogP contribution >= 0.6 is 0 Å². The van der Waals surface area contributed by atoms with E-state index in [1.54, 1.807) is 4.90 Å². The number of rotatable bonds is 7. The predicted molar refractivity (Wildman–Crippen MR) is 53.1 cm³/mol. The lowest BCUT2D eigenvalue weighted by atomic mass is 9.86. The molecule has 0 unspecified atom stereocenters. The molecule has 0 amide bonds. The fourth-order valence-corrected chi connectivity index (χ4v) is 1.84. The van der Waals surface area contributed by atoms with Crippen molar-refractivity contribution in [3.8, 4) is 0 Å². The monoisotopic (exact) mass is 223 g/mol. The summed E-state index contributed by atoms with van der Waals surface area (Å²) in [4.78, 5) is 1.71. The Balaban J connectivity index is 2.41. The summed E-state index contributed by atoms with van der Waals surface area (Å²) in [6, 6.07) is 0. The second kappa shape index (κ2) is 5.72. The highest BCUT2D eigenvalue weighted by Crippen LogP contribution is 2.28. The summed E-state index contributed by atoms with van der Waals surface area (Å²) < 4.78 is 29.6. The maximum Gasteiger partial charge on any atom is 0.251 e. The smallest absolute Gasteiger partial charge is 0.251 e. The largest absolute Gasteiger partial charge is 0.396 e. The van der Waals surface area contributed by atoms with Crippen LogP contribution in [-0.2, 0) is 4.74 Å². The number of ether oxygens (including phenoxy) is 1. The highest BCUT2D eigenvalue weighted by molar-refractivity contribution is 4.88. The maximum atomic E-state index is 12.3. The Hall–Kier alpha value is -0.260. The molecule has 1 heterocycles. The van der Waals surface area contributed by atoms with Gasteiger partial charge in [0.1, 0.15) is 0 Å². The number of aliphatic hydroxyl groups is 1. The number of alkyl halides is 2. The molecule has 1 fully saturated rings. The van der Waals surface area contributed by atoms with E-state index in [0.717, 1.165) is 6.42 Å². The van der Waals surface area contributed by atoms with E-state index in [1.165, 1.54) is 0 Å². The highest BCUT2D eigenvalue weighted by Gasteiger charge is 2.39. The molecule has 0 aliphatic carbocycles. The van der Waals surface area contributed by atoms with Gasteiger partial charge in [-0.25, -0.2) is 8.78 Å². The van der Waals surface area contributed by atoms with Gasteiger partial charge in [0.25, 0.3) is 6.43 Å². The minimum atomic E-state index is -2.31. The molecule has 3 nitrogen and oxygen atoms in total. The average Bonchev–Trinajstić information content (AvgIpc) is 2.10. The van der Waals surface area contributed by atoms with E-state index < -0.39 is 6.43 Å². The van der Waals surface area contributed by atoms with Crippen LogP contribution in [0, 0.1) is 5.41 Å². The first-order valence-electron chi connectivity index (χ1n) is 5.31. The topological polar surface area (TPSA) is 32.7 Å². The van der Waals surface area contributed by atoms with E-state index >= 15 is 0 Å². The van der Waals surface area contributed by atoms with Crippen LogP contribution < -0.4 is 0 Å². The van der Waals surface area contributed by atoms with Gasteiger partial charge in [0.15, 0.2) is 0 Å². The van der Waals surface area contributed by atoms with Crippen molar-refractivity contribution in [2.75, 3.05) is 39.5 Å². The second-order valence-electron chi connectivity index (χ2n) is 4.28. The SMILES string of the molecule is CCCN(CC(F)F)CC1(CO)COC1. The third-order valence-electron chi connectivity index (χ3n) is 2.65. The van der Waals surface area contributed by atoms with Crippen molar-refractivity contribution in [2.24, 2.45) is 5.41 Å². The van der Waals surface area contributed by atoms with E-state index in [-0.39, 0.29) is 18.6 Å². The zero-order valence-electron chi connectivity index (χ0n) is 9.09. The van der Waals surface area contributed by atoms with Gasteiger partial charge in [-0.2, -0.15) is 0 Å². The first-order valence-corrected chi connectivity index (χ1v) is 5.31. The summed E-state index contributed by atoms with van der Waals surface area (Å²) >= 11 is 0. The molecule has 1 aliphatic heterocycles. The molecule has 1 aliphatic rings. The minimum Gasteiger partial charge on any atom is -0.396 e. The molecule has 0 bridgehead atoms. The molecule has 0 aromatic heterocycles. The Kier molecular flexibility index (Phi) is 4.89. The molecule has 90 valence electrons. The van der Waals surface area contributed by atoms with Gasteiger partial charge >= 0.3 is 0 Å². The van der Waals surface area contributed by atoms with Crippen molar-refractivity contribution in [2.45, 2.75) is 19.8 Å². The molecule has 0 atom stereocenters. The molecule has 1 saturated heterocycles. The van der Waals surface area contributed by atoms with Gasteiger partial charge in [-0.05, 0) is 13.0 Å². The standard InChI is InChI=1S/C10H19F2NO2/c1-2-3-13(4-9(11)12)5-10(6-14)7-15-8-10/h9,14H,2-8H2,1H3. The molecule has 5 heteroatoms. The van der Waals surface area contributed by atoms with E-state index in [2.05, 4.69) is 0 Å². The molecule has 1 N–H and O–H groups in total. The molecule has 0 saturated carbocycles. The van der Waals surface area contributed by atoms with E-state index in [1.807, 2.05) is 6.92 Å². The van der Waals surface area contributed by atoms with Crippen molar-refractivity contribution in [3.63, 3.8) is 0 Å². The fraction of sp³-hybridized carbons (Fsp3) is 1.00. The molecular formula is C10H19F2NO2. The minimum absolute atomic E-state index is 0.0104. The van der Waals surface area contributed by atoms with Gasteiger partial charge in [-0.1, -0.05) is 6.92 Å². The van der Waals surface area contributed by atoms with Crippen molar-refractivity contribution >= 4 is 0 Å². The third-order valence-corrected chi connectivity index (χ3v) is 2.65. The van der Waals surface area contributed by atoms with Gasteiger partial charge in [0, 0.05) is 6.54 Å². The van der Waals surface area contributed by atoms with Gasteiger partial charge < -0.3 is 9.84 Å². The fourth-order valence-electron chi connectivity index (χ4n) is 1.84. The molecule has 0 aromatic carbocycles. The molecule has 1 rings (SSSR count). The number of nitrogens with zero attached hydrogens (tertiary/aromatic N) is 1. The Morgan fingerprint density at radius 1 is 1.47 bits per heavy atom. The summed E-state index contributed by atoms with van der Waals surface area (Å²) in [6.45, 7) is 3.86. The van der Waals surface area contributed by atoms with Gasteiger partial charge in [-0.15, -0.1) is 0 Å². The van der Waals surface area contributed by atoms with Crippen LogP contribution in [0.2, 0.25) is 0 Å². The molecule has 0 radical (unpaired) electrons. The van der Waals surface area contributed by atoms with Crippen molar-refractivity contribution < 1.29 is 18.6 Å². The third kappa shape index (κ3) is 3.66. The van der Waals surface area contributed by atoms with Crippen LogP contribution in [0.3, 0.4) is 0 Å². The van der Waals surface area contributed by atoms with Crippen molar-refractivity contribution in [1.82, 2.24) is 4.90 Å². The van der Waals surface area contributed by atoms with Crippen LogP contribution in [0.1, 0.15) is 13.3 Å². The summed E-state index contributed by atoms with van der Waals surface area (Å²) in [5, 5.41) is 9.19. The second-order valence-corrected chi connectivity index (χ2v) is 4.28. The van der Waals surface area contributed by atoms with Crippen LogP contribution in [-0.4, -0.2) is 55.9 Å². The zero-order valence-corrected chi connectivity index (χ0v) is 9.09. The van der Waals surface area contributed by atoms with Gasteiger partial charge in [0.2, 0.25) is 0 Å². The Morgan fingerprint density at radius 2 is 2.13 bits per heavy atom. The van der Waals surface area contributed by atoms with E-state index in [9.17, 15) is 13.9 Å². The normalized spacial score (nSPS) is 19.6. The molecule has 15 heavy (non-hydrogen) atoms. The first kappa shape index (κ1) is 12.8. The zero-order chi connectivity index (χ0) is 11.3. The lowest BCUT2D eigenvalue weighted by molar-refractivity contribution is -0.150. The molecular weight excluding hydrogens is 204 g/mol. The predicted octanol–water partition coefficient (Wildman–Crippen LogP) is 0.972. The van der Waals surface area contributed by atoms with Crippen LogP contribution in [0.4, 0.5) is 8.78 Å². The maximum absolute atomic E-state index is 12.3. The van der Waals surface area contributed by atoms with E-state index in [4.69, 9.17) is 4.74 Å². The van der Waals surface area contributed by atoms with Gasteiger partial charge in [0.05, 0.1) is 31.8 Å². The lowest BCUT2D eigenvalue weighted by Crippen LogP contribution is -2.54. The van der Waals surface area contributed by atoms with Crippen molar-refractivity contribution in [1.29, 1.82) is 0 Å². The number of aliphatic hydroxyl groups excluding tert-OH is 1. The summed E-state index contributed by atoms with van der Waals surface area (Å²) in [6.07, 6.45) is -1.47. The molecule has 0 spiro atoms. The first-order chi connectivity index (χ1) is 7.12. The average molecular weight is 223 g/mol. The quantitative estimate of drug-likeness (QED) is 0.698. The van der Waals surface area contributed by atoms with Crippen LogP contribution in [0.15, 0.2) is 0 Å². The summed E-state index contributed by atoms with van der Waals surface area (Å²) in [5.41, 5.74) is -0.302. The Morgan fingerprint density at radius 3 is 2.47 bits per heavy atom. The summed E-state index contributed by atoms with van der Waals surface area (Å²) in [5.74, 6) is 0. The number of halogens is 2. The van der Waals surface area contributed by atoms with E-state index in [0.29, 0.717) is 26.3 Å². The molecule has 0 aromatic rings. The number of hydrogen-bond donors (Lipinski definition) is 1. The van der Waals surface area contributed by atoms with Crippen LogP contribution in [0.25, 0.3) is 0 Å².